The number of hydrogen-bond acceptors (Lipinski definition) is 14. The van der Waals surface area contributed by atoms with Gasteiger partial charge in [0.25, 0.3) is 0 Å². The quantitative estimate of drug-likeness (QED) is 0.0463. The molecule has 6 unspecified atom stereocenters. The minimum absolute atomic E-state index is 0.0918. The van der Waals surface area contributed by atoms with Crippen LogP contribution in [0, 0.1) is 11.6 Å². The van der Waals surface area contributed by atoms with Crippen molar-refractivity contribution in [2.45, 2.75) is 339 Å². The van der Waals surface area contributed by atoms with Gasteiger partial charge in [-0.05, 0) is 263 Å². The number of imidazole rings is 6. The van der Waals surface area contributed by atoms with E-state index in [1.165, 1.54) is 41.3 Å². The predicted molar refractivity (Wildman–Crippen MR) is 524 cm³/mol. The number of phenolic OH excluding ortho intramolecular Hbond substituents is 1. The Morgan fingerprint density at radius 3 is 0.771 bits per heavy atom. The number of aromatic hydroxyl groups is 1. The van der Waals surface area contributed by atoms with E-state index in [-0.39, 0.29) is 60.2 Å². The molecule has 140 heavy (non-hydrogen) atoms. The molecule has 0 amide bonds. The molecule has 6 aliphatic carbocycles. The topological polar surface area (TPSA) is 225 Å². The number of alkyl halides is 6. The zero-order valence-corrected chi connectivity index (χ0v) is 80.8. The Kier molecular flexibility index (Phi) is 28.9. The minimum atomic E-state index is -1.34. The van der Waals surface area contributed by atoms with Gasteiger partial charge in [-0.1, -0.05) is 118 Å². The first kappa shape index (κ1) is 97.7. The Labute approximate surface area is 814 Å². The van der Waals surface area contributed by atoms with Crippen LogP contribution in [0.15, 0.2) is 178 Å². The second-order valence-corrected chi connectivity index (χ2v) is 41.5. The number of fused-ring (bicyclic) bond motifs is 18. The fourth-order valence-corrected chi connectivity index (χ4v) is 25.3. The van der Waals surface area contributed by atoms with Gasteiger partial charge in [-0.3, -0.25) is 0 Å². The number of rotatable bonds is 22. The summed E-state index contributed by atoms with van der Waals surface area (Å²) in [6, 6.07) is 32.5. The molecular weight excluding hydrogens is 1790 g/mol. The summed E-state index contributed by atoms with van der Waals surface area (Å²) in [7, 11) is 6.74. The minimum Gasteiger partial charge on any atom is -0.507 e. The number of aliphatic hydroxyl groups excluding tert-OH is 3. The number of hydrogen-bond donors (Lipinski definition) is 4. The summed E-state index contributed by atoms with van der Waals surface area (Å²) in [6.45, 7) is 0. The van der Waals surface area contributed by atoms with E-state index in [1.807, 2.05) is 111 Å². The van der Waals surface area contributed by atoms with Gasteiger partial charge in [-0.2, -0.15) is 0 Å². The van der Waals surface area contributed by atoms with E-state index in [9.17, 15) is 46.8 Å². The monoisotopic (exact) mass is 1930 g/mol. The molecule has 24 rings (SSSR count). The molecule has 6 atom stereocenters. The molecule has 0 saturated heterocycles. The van der Waals surface area contributed by atoms with Crippen molar-refractivity contribution in [1.82, 2.24) is 57.3 Å². The van der Waals surface area contributed by atoms with Crippen molar-refractivity contribution in [2.75, 3.05) is 28.4 Å². The highest BCUT2D eigenvalue weighted by Crippen LogP contribution is 2.56. The van der Waals surface area contributed by atoms with Crippen LogP contribution >= 0.6 is 0 Å². The second kappa shape index (κ2) is 41.5. The molecule has 28 heteroatoms. The van der Waals surface area contributed by atoms with E-state index in [4.69, 9.17) is 18.9 Å². The number of nitrogens with zero attached hydrogens (tertiary/aromatic N) is 12. The van der Waals surface area contributed by atoms with Crippen LogP contribution in [-0.4, -0.2) is 158 Å². The van der Waals surface area contributed by atoms with Gasteiger partial charge in [0.1, 0.15) is 74.4 Å². The fraction of sp³-hybridized carbons (Fsp3) is 0.518. The standard InChI is InChI=1S/2C19H23FN2O2.2C19H23FN2O.C18H19F3N2O.C18H21FN2O/c2*1-24-17-4-2-3-14-15(22-12-21-11-16(22)18(14)17)7-10-19(20)8-5-13(23)6-9-19;2*1-23-17-7-5-6-14-15(22-13-21-12-16(22)18(14)17)8-11-19(20)9-3-2-4-10-19;19-12-1-2-13(20)17-15-9-22-10-23(15)14(16(12)17)5-8-18(21)6-3-11(24)4-7-18;19-18(8-2-1-3-9-18)10-7-14-13-5-4-6-16(22)17(13)15-11-20-12-21(14)15/h2*2-4,11-13,15,23H,5-10H2,1H3;2*5-7,12-13,15H,2-4,8-11H2,1H3;1-2,9-11,14,24H,3-8H2;4-6,11-12,14,22H,1-3,7-10H2. The predicted octanol–water partition coefficient (Wildman–Crippen LogP) is 26.4. The maximum absolute atomic E-state index is 15.1. The fourth-order valence-electron chi connectivity index (χ4n) is 25.3. The molecule has 0 bridgehead atoms. The maximum atomic E-state index is 15.1. The molecule has 6 saturated carbocycles. The van der Waals surface area contributed by atoms with Crippen LogP contribution in [-0.2, 0) is 0 Å². The summed E-state index contributed by atoms with van der Waals surface area (Å²) in [6.07, 6.45) is 47.4. The van der Waals surface area contributed by atoms with Crippen molar-refractivity contribution >= 4 is 0 Å². The van der Waals surface area contributed by atoms with Gasteiger partial charge in [0, 0.05) is 38.9 Å². The van der Waals surface area contributed by atoms with Crippen molar-refractivity contribution in [3.8, 4) is 96.3 Å². The molecule has 12 aromatic rings. The molecule has 20 nitrogen and oxygen atoms in total. The Balaban J connectivity index is 0.000000107. The largest absolute Gasteiger partial charge is 0.507 e. The lowest BCUT2D eigenvalue weighted by Crippen LogP contribution is -2.32. The first-order valence-electron chi connectivity index (χ1n) is 51.1. The normalized spacial score (nSPS) is 25.3. The number of phenols is 1. The van der Waals surface area contributed by atoms with Gasteiger partial charge >= 0.3 is 0 Å². The lowest BCUT2D eigenvalue weighted by atomic mass is 9.80. The Morgan fingerprint density at radius 2 is 0.500 bits per heavy atom. The van der Waals surface area contributed by atoms with Gasteiger partial charge in [-0.15, -0.1) is 0 Å². The van der Waals surface area contributed by atoms with Crippen LogP contribution in [0.25, 0.3) is 67.5 Å². The van der Waals surface area contributed by atoms with Crippen LogP contribution in [0.5, 0.6) is 28.7 Å². The highest BCUT2D eigenvalue weighted by molar-refractivity contribution is 5.80. The molecule has 12 aliphatic rings. The Bertz CT molecular complexity index is 6010. The van der Waals surface area contributed by atoms with E-state index < -0.39 is 57.8 Å². The molecule has 6 aromatic carbocycles. The SMILES string of the molecule is COc1cccc2c1-c1cncn1C2CCC1(F)CCC(O)CC1.COc1cccc2c1-c1cncn1C2CCC1(F)CCC(O)CC1.COc1cccc2c1-c1cncn1C2CCC1(F)CCCCC1.COc1cccc2c1-c1cncn1C2CCC1(F)CCCCC1.OC1CCC(F)(CCC2c3c(F)ccc(F)c3-c3cncn32)CC1.Oc1cccc2c1-c1cncn1C2CCC1(F)CCCCC1. The number of methoxy groups -OCH3 is 4. The first-order chi connectivity index (χ1) is 67.8. The number of aromatic nitrogens is 12. The molecule has 6 aromatic heterocycles. The molecule has 6 aliphatic heterocycles. The van der Waals surface area contributed by atoms with Crippen LogP contribution in [0.3, 0.4) is 0 Å². The summed E-state index contributed by atoms with van der Waals surface area (Å²) in [5.41, 5.74) is 10.9. The lowest BCUT2D eigenvalue weighted by Gasteiger charge is -2.33. The number of halogens is 8. The summed E-state index contributed by atoms with van der Waals surface area (Å²) in [4.78, 5) is 25.4. The zero-order valence-electron chi connectivity index (χ0n) is 80.8. The van der Waals surface area contributed by atoms with Gasteiger partial charge < -0.3 is 66.8 Å². The van der Waals surface area contributed by atoms with Gasteiger partial charge in [0.05, 0.1) is 192 Å². The molecule has 6 fully saturated rings. The molecule has 12 heterocycles. The van der Waals surface area contributed by atoms with Crippen molar-refractivity contribution in [3.63, 3.8) is 0 Å². The number of aliphatic hydroxyl groups is 3. The average Bonchev–Trinajstić information content (AvgIpc) is 1.59. The van der Waals surface area contributed by atoms with Crippen LogP contribution in [0.2, 0.25) is 0 Å². The molecular formula is C112H132F8N12O8. The average molecular weight is 1930 g/mol. The third-order valence-electron chi connectivity index (χ3n) is 33.0. The van der Waals surface area contributed by atoms with Gasteiger partial charge in [0.15, 0.2) is 0 Å². The highest BCUT2D eigenvalue weighted by atomic mass is 19.2. The Morgan fingerprint density at radius 1 is 0.279 bits per heavy atom. The molecule has 4 N–H and O–H groups in total. The lowest BCUT2D eigenvalue weighted by molar-refractivity contribution is 0.0252. The summed E-state index contributed by atoms with van der Waals surface area (Å²) >= 11 is 0. The van der Waals surface area contributed by atoms with Gasteiger partial charge in [-0.25, -0.2) is 65.0 Å². The molecule has 0 radical (unpaired) electrons. The van der Waals surface area contributed by atoms with E-state index >= 15 is 8.78 Å². The Hall–Kier alpha value is -11.1. The van der Waals surface area contributed by atoms with E-state index in [2.05, 4.69) is 77.0 Å². The summed E-state index contributed by atoms with van der Waals surface area (Å²) < 4.78 is 153. The van der Waals surface area contributed by atoms with Gasteiger partial charge in [0.2, 0.25) is 0 Å². The number of ether oxygens (including phenoxy) is 4. The van der Waals surface area contributed by atoms with E-state index in [1.54, 1.807) is 57.9 Å². The van der Waals surface area contributed by atoms with Crippen LogP contribution < -0.4 is 18.9 Å². The van der Waals surface area contributed by atoms with Crippen molar-refractivity contribution < 1.29 is 74.5 Å². The van der Waals surface area contributed by atoms with Crippen LogP contribution in [0.4, 0.5) is 35.1 Å². The first-order valence-corrected chi connectivity index (χ1v) is 51.1. The second-order valence-electron chi connectivity index (χ2n) is 41.5. The number of benzene rings is 6. The van der Waals surface area contributed by atoms with Crippen LogP contribution in [0.1, 0.15) is 320 Å². The molecule has 744 valence electrons. The summed E-state index contributed by atoms with van der Waals surface area (Å²) in [5.74, 6) is 2.77. The third kappa shape index (κ3) is 19.9. The zero-order chi connectivity index (χ0) is 97.2. The van der Waals surface area contributed by atoms with Crippen molar-refractivity contribution in [1.29, 1.82) is 0 Å². The van der Waals surface area contributed by atoms with E-state index in [0.29, 0.717) is 140 Å². The summed E-state index contributed by atoms with van der Waals surface area (Å²) in [5, 5.41) is 39.0. The maximum Gasteiger partial charge on any atom is 0.133 e. The highest BCUT2D eigenvalue weighted by Gasteiger charge is 2.46. The van der Waals surface area contributed by atoms with Crippen molar-refractivity contribution in [2.24, 2.45) is 0 Å². The molecule has 0 spiro atoms. The smallest absolute Gasteiger partial charge is 0.133 e. The third-order valence-corrected chi connectivity index (χ3v) is 33.0. The van der Waals surface area contributed by atoms with Crippen molar-refractivity contribution in [3.05, 3.63) is 223 Å². The van der Waals surface area contributed by atoms with E-state index in [0.717, 1.165) is 200 Å².